The third kappa shape index (κ3) is 3.16. The summed E-state index contributed by atoms with van der Waals surface area (Å²) in [5.74, 6) is -2.41. The van der Waals surface area contributed by atoms with Crippen molar-refractivity contribution in [2.45, 2.75) is 4.90 Å². The van der Waals surface area contributed by atoms with Crippen LogP contribution in [0.5, 0.6) is 5.75 Å². The first-order valence-corrected chi connectivity index (χ1v) is 7.59. The van der Waals surface area contributed by atoms with Crippen LogP contribution in [0.15, 0.2) is 53.7 Å². The topological polar surface area (TPSA) is 87.0 Å². The fourth-order valence-corrected chi connectivity index (χ4v) is 2.68. The van der Waals surface area contributed by atoms with Gasteiger partial charge in [0.1, 0.15) is 17.0 Å². The largest absolute Gasteiger partial charge is 0.379 e. The fraction of sp³-hybridized carbons (Fsp3) is 0. The molecule has 0 radical (unpaired) electrons. The van der Waals surface area contributed by atoms with Gasteiger partial charge in [-0.3, -0.25) is 0 Å². The maximum Gasteiger partial charge on any atom is 0.339 e. The van der Waals surface area contributed by atoms with Crippen LogP contribution in [0.3, 0.4) is 0 Å². The monoisotopic (exact) mass is 338 g/mol. The molecule has 7 nitrogen and oxygen atoms in total. The van der Waals surface area contributed by atoms with Crippen LogP contribution in [-0.4, -0.2) is 28.6 Å². The molecule has 0 unspecified atom stereocenters. The Balaban J connectivity index is 1.84. The van der Waals surface area contributed by atoms with Crippen molar-refractivity contribution >= 4 is 10.1 Å². The summed E-state index contributed by atoms with van der Waals surface area (Å²) in [6, 6.07) is 8.03. The van der Waals surface area contributed by atoms with Gasteiger partial charge in [0.15, 0.2) is 11.6 Å². The van der Waals surface area contributed by atoms with Gasteiger partial charge in [0, 0.05) is 0 Å². The molecule has 0 aliphatic heterocycles. The molecule has 118 valence electrons. The van der Waals surface area contributed by atoms with Crippen molar-refractivity contribution in [3.05, 3.63) is 60.4 Å². The molecule has 0 fully saturated rings. The van der Waals surface area contributed by atoms with Gasteiger partial charge in [-0.25, -0.2) is 13.5 Å². The Morgan fingerprint density at radius 3 is 2.35 bits per heavy atom. The van der Waals surface area contributed by atoms with E-state index < -0.39 is 26.6 Å². The van der Waals surface area contributed by atoms with Gasteiger partial charge in [-0.05, 0) is 52.9 Å². The Kier molecular flexibility index (Phi) is 3.74. The average molecular weight is 338 g/mol. The van der Waals surface area contributed by atoms with Gasteiger partial charge >= 0.3 is 10.1 Å². The van der Waals surface area contributed by atoms with Crippen molar-refractivity contribution in [1.29, 1.82) is 0 Å². The third-order valence-corrected chi connectivity index (χ3v) is 4.08. The Bertz CT molecular complexity index is 928. The summed E-state index contributed by atoms with van der Waals surface area (Å²) in [7, 11) is -4.27. The third-order valence-electron chi connectivity index (χ3n) is 2.84. The summed E-state index contributed by atoms with van der Waals surface area (Å²) < 4.78 is 56.3. The Hall–Kier alpha value is -2.88. The molecule has 3 aromatic rings. The van der Waals surface area contributed by atoms with E-state index in [2.05, 4.69) is 15.5 Å². The molecule has 0 bridgehead atoms. The Labute approximate surface area is 129 Å². The van der Waals surface area contributed by atoms with Gasteiger partial charge in [-0.15, -0.1) is 5.10 Å². The number of halogens is 2. The van der Waals surface area contributed by atoms with Crippen molar-refractivity contribution in [2.24, 2.45) is 0 Å². The van der Waals surface area contributed by atoms with Crippen LogP contribution < -0.4 is 4.18 Å². The van der Waals surface area contributed by atoms with E-state index in [4.69, 9.17) is 4.18 Å². The van der Waals surface area contributed by atoms with Crippen LogP contribution in [0.4, 0.5) is 8.78 Å². The Morgan fingerprint density at radius 1 is 1.00 bits per heavy atom. The standard InChI is InChI=1S/C13H8F2N4O3S/c14-12-6-5-11(7-13(12)15)23(20,21)22-10-3-1-9(2-4-10)19-8-16-17-18-19/h1-8H. The van der Waals surface area contributed by atoms with Gasteiger partial charge in [-0.1, -0.05) is 0 Å². The van der Waals surface area contributed by atoms with Gasteiger partial charge in [0.2, 0.25) is 0 Å². The van der Waals surface area contributed by atoms with Gasteiger partial charge in [-0.2, -0.15) is 8.42 Å². The zero-order valence-corrected chi connectivity index (χ0v) is 12.1. The van der Waals surface area contributed by atoms with Gasteiger partial charge < -0.3 is 4.18 Å². The first-order valence-electron chi connectivity index (χ1n) is 6.19. The number of tetrazole rings is 1. The predicted octanol–water partition coefficient (Wildman–Crippen LogP) is 1.71. The normalized spacial score (nSPS) is 11.4. The molecule has 23 heavy (non-hydrogen) atoms. The van der Waals surface area contributed by atoms with E-state index in [0.717, 1.165) is 6.07 Å². The highest BCUT2D eigenvalue weighted by Gasteiger charge is 2.19. The number of hydrogen-bond acceptors (Lipinski definition) is 6. The molecule has 0 spiro atoms. The molecule has 3 rings (SSSR count). The molecule has 0 aliphatic carbocycles. The first kappa shape index (κ1) is 15.0. The van der Waals surface area contributed by atoms with Crippen molar-refractivity contribution in [3.8, 4) is 11.4 Å². The highest BCUT2D eigenvalue weighted by molar-refractivity contribution is 7.87. The summed E-state index contributed by atoms with van der Waals surface area (Å²) in [5, 5.41) is 10.6. The van der Waals surface area contributed by atoms with E-state index in [9.17, 15) is 17.2 Å². The molecule has 10 heteroatoms. The zero-order valence-electron chi connectivity index (χ0n) is 11.3. The molecule has 0 aliphatic rings. The summed E-state index contributed by atoms with van der Waals surface area (Å²) in [6.07, 6.45) is 1.37. The van der Waals surface area contributed by atoms with Crippen LogP contribution in [0.1, 0.15) is 0 Å². The summed E-state index contributed by atoms with van der Waals surface area (Å²) in [4.78, 5) is -0.485. The molecule has 0 saturated heterocycles. The van der Waals surface area contributed by atoms with E-state index >= 15 is 0 Å². The Morgan fingerprint density at radius 2 is 1.74 bits per heavy atom. The second-order valence-electron chi connectivity index (χ2n) is 4.36. The minimum atomic E-state index is -4.27. The lowest BCUT2D eigenvalue weighted by molar-refractivity contribution is 0.479. The molecule has 2 aromatic carbocycles. The van der Waals surface area contributed by atoms with Gasteiger partial charge in [0.25, 0.3) is 0 Å². The highest BCUT2D eigenvalue weighted by Crippen LogP contribution is 2.21. The first-order chi connectivity index (χ1) is 11.0. The number of nitrogens with zero attached hydrogens (tertiary/aromatic N) is 4. The smallest absolute Gasteiger partial charge is 0.339 e. The molecular weight excluding hydrogens is 330 g/mol. The predicted molar refractivity (Wildman–Crippen MR) is 73.3 cm³/mol. The average Bonchev–Trinajstić information content (AvgIpc) is 3.04. The SMILES string of the molecule is O=S(=O)(Oc1ccc(-n2cnnn2)cc1)c1ccc(F)c(F)c1. The lowest BCUT2D eigenvalue weighted by Crippen LogP contribution is -2.10. The van der Waals surface area contributed by atoms with Crippen molar-refractivity contribution in [2.75, 3.05) is 0 Å². The van der Waals surface area contributed by atoms with Crippen LogP contribution in [0, 0.1) is 11.6 Å². The number of benzene rings is 2. The van der Waals surface area contributed by atoms with Gasteiger partial charge in [0.05, 0.1) is 5.69 Å². The van der Waals surface area contributed by atoms with E-state index in [0.29, 0.717) is 17.8 Å². The fourth-order valence-electron chi connectivity index (χ4n) is 1.74. The summed E-state index contributed by atoms with van der Waals surface area (Å²) in [6.45, 7) is 0. The van der Waals surface area contributed by atoms with E-state index in [1.54, 1.807) is 0 Å². The lowest BCUT2D eigenvalue weighted by Gasteiger charge is -2.08. The van der Waals surface area contributed by atoms with E-state index in [1.165, 1.54) is 35.3 Å². The minimum absolute atomic E-state index is 0.00607. The quantitative estimate of drug-likeness (QED) is 0.673. The molecular formula is C13H8F2N4O3S. The molecule has 1 heterocycles. The minimum Gasteiger partial charge on any atom is -0.379 e. The molecule has 0 N–H and O–H groups in total. The highest BCUT2D eigenvalue weighted by atomic mass is 32.2. The number of hydrogen-bond donors (Lipinski definition) is 0. The summed E-state index contributed by atoms with van der Waals surface area (Å²) in [5.41, 5.74) is 0.590. The summed E-state index contributed by atoms with van der Waals surface area (Å²) >= 11 is 0. The molecule has 1 aromatic heterocycles. The maximum atomic E-state index is 13.1. The second-order valence-corrected chi connectivity index (χ2v) is 5.91. The molecule has 0 saturated carbocycles. The van der Waals surface area contributed by atoms with Crippen LogP contribution >= 0.6 is 0 Å². The van der Waals surface area contributed by atoms with Crippen LogP contribution in [0.25, 0.3) is 5.69 Å². The maximum absolute atomic E-state index is 13.1. The molecule has 0 atom stereocenters. The van der Waals surface area contributed by atoms with Crippen molar-refractivity contribution < 1.29 is 21.4 Å². The van der Waals surface area contributed by atoms with E-state index in [1.807, 2.05) is 0 Å². The van der Waals surface area contributed by atoms with Crippen LogP contribution in [-0.2, 0) is 10.1 Å². The number of aromatic nitrogens is 4. The zero-order chi connectivity index (χ0) is 16.4. The van der Waals surface area contributed by atoms with Crippen molar-refractivity contribution in [1.82, 2.24) is 20.2 Å². The van der Waals surface area contributed by atoms with Crippen LogP contribution in [0.2, 0.25) is 0 Å². The van der Waals surface area contributed by atoms with E-state index in [-0.39, 0.29) is 5.75 Å². The number of rotatable bonds is 4. The van der Waals surface area contributed by atoms with Crippen molar-refractivity contribution in [3.63, 3.8) is 0 Å². The lowest BCUT2D eigenvalue weighted by atomic mass is 10.3. The molecule has 0 amide bonds. The second kappa shape index (κ2) is 5.72.